The fourth-order valence-electron chi connectivity index (χ4n) is 3.03. The second-order valence-corrected chi connectivity index (χ2v) is 6.46. The standard InChI is InChI=1S/C23H19N3/c1-23(20-12-6-3-7-13-20)15-8-11-19(14-16-23)22-25-17-24-21(26-22)18-9-4-2-5-10-18/h2-17H,1H3. The summed E-state index contributed by atoms with van der Waals surface area (Å²) in [6.07, 6.45) is 12.2. The minimum absolute atomic E-state index is 0.158. The zero-order valence-corrected chi connectivity index (χ0v) is 14.6. The highest BCUT2D eigenvalue weighted by Crippen LogP contribution is 2.30. The van der Waals surface area contributed by atoms with Gasteiger partial charge in [0.25, 0.3) is 0 Å². The van der Waals surface area contributed by atoms with Gasteiger partial charge in [0.1, 0.15) is 6.33 Å². The third-order valence-corrected chi connectivity index (χ3v) is 4.59. The summed E-state index contributed by atoms with van der Waals surface area (Å²) in [6.45, 7) is 2.20. The predicted molar refractivity (Wildman–Crippen MR) is 105 cm³/mol. The molecule has 1 unspecified atom stereocenters. The van der Waals surface area contributed by atoms with Gasteiger partial charge in [0, 0.05) is 16.6 Å². The zero-order valence-electron chi connectivity index (χ0n) is 14.6. The Kier molecular flexibility index (Phi) is 4.28. The number of allylic oxidation sites excluding steroid dienone is 6. The van der Waals surface area contributed by atoms with Crippen molar-refractivity contribution in [1.82, 2.24) is 15.0 Å². The van der Waals surface area contributed by atoms with E-state index in [1.807, 2.05) is 36.4 Å². The number of aromatic nitrogens is 3. The molecule has 3 heteroatoms. The van der Waals surface area contributed by atoms with E-state index in [4.69, 9.17) is 0 Å². The molecule has 26 heavy (non-hydrogen) atoms. The summed E-state index contributed by atoms with van der Waals surface area (Å²) in [7, 11) is 0. The first-order valence-electron chi connectivity index (χ1n) is 8.64. The van der Waals surface area contributed by atoms with Gasteiger partial charge >= 0.3 is 0 Å². The van der Waals surface area contributed by atoms with E-state index in [9.17, 15) is 0 Å². The molecule has 0 spiro atoms. The molecule has 0 saturated heterocycles. The quantitative estimate of drug-likeness (QED) is 0.674. The van der Waals surface area contributed by atoms with Gasteiger partial charge in [-0.15, -0.1) is 0 Å². The molecule has 1 heterocycles. The van der Waals surface area contributed by atoms with Crippen molar-refractivity contribution < 1.29 is 0 Å². The molecule has 1 atom stereocenters. The lowest BCUT2D eigenvalue weighted by molar-refractivity contribution is 0.759. The van der Waals surface area contributed by atoms with E-state index < -0.39 is 0 Å². The number of nitrogens with zero attached hydrogens (tertiary/aromatic N) is 3. The van der Waals surface area contributed by atoms with Gasteiger partial charge in [0.15, 0.2) is 11.6 Å². The second kappa shape index (κ2) is 6.89. The zero-order chi connectivity index (χ0) is 17.8. The number of rotatable bonds is 3. The SMILES string of the molecule is CC1(c2ccccc2)C=CC=C(c2ncnc(-c3ccccc3)n2)C=C1. The van der Waals surface area contributed by atoms with Crippen molar-refractivity contribution in [2.75, 3.05) is 0 Å². The Bertz CT molecular complexity index is 988. The predicted octanol–water partition coefficient (Wildman–Crippen LogP) is 5.01. The highest BCUT2D eigenvalue weighted by molar-refractivity contribution is 5.73. The van der Waals surface area contributed by atoms with E-state index in [-0.39, 0.29) is 5.41 Å². The molecule has 0 radical (unpaired) electrons. The van der Waals surface area contributed by atoms with E-state index in [1.165, 1.54) is 5.56 Å². The summed E-state index contributed by atoms with van der Waals surface area (Å²) in [5, 5.41) is 0. The maximum Gasteiger partial charge on any atom is 0.163 e. The molecule has 0 N–H and O–H groups in total. The molecule has 3 nitrogen and oxygen atoms in total. The molecular formula is C23H19N3. The van der Waals surface area contributed by atoms with Crippen LogP contribution in [0.1, 0.15) is 18.3 Å². The lowest BCUT2D eigenvalue weighted by atomic mass is 9.82. The molecule has 0 bridgehead atoms. The lowest BCUT2D eigenvalue weighted by Crippen LogP contribution is -2.14. The Balaban J connectivity index is 1.67. The molecule has 2 aromatic carbocycles. The van der Waals surface area contributed by atoms with Gasteiger partial charge in [-0.25, -0.2) is 15.0 Å². The van der Waals surface area contributed by atoms with Crippen molar-refractivity contribution in [2.24, 2.45) is 0 Å². The van der Waals surface area contributed by atoms with Crippen LogP contribution in [-0.4, -0.2) is 15.0 Å². The molecule has 0 saturated carbocycles. The van der Waals surface area contributed by atoms with E-state index in [0.29, 0.717) is 11.6 Å². The van der Waals surface area contributed by atoms with Crippen LogP contribution in [0.2, 0.25) is 0 Å². The molecule has 1 aromatic heterocycles. The maximum atomic E-state index is 4.65. The van der Waals surface area contributed by atoms with Gasteiger partial charge in [-0.3, -0.25) is 0 Å². The van der Waals surface area contributed by atoms with Gasteiger partial charge in [-0.1, -0.05) is 91.0 Å². The normalized spacial score (nSPS) is 19.0. The smallest absolute Gasteiger partial charge is 0.163 e. The molecule has 1 aliphatic carbocycles. The van der Waals surface area contributed by atoms with Crippen LogP contribution in [0, 0.1) is 0 Å². The first kappa shape index (κ1) is 16.2. The topological polar surface area (TPSA) is 38.7 Å². The second-order valence-electron chi connectivity index (χ2n) is 6.46. The summed E-state index contributed by atoms with van der Waals surface area (Å²) in [6, 6.07) is 20.4. The fourth-order valence-corrected chi connectivity index (χ4v) is 3.03. The summed E-state index contributed by atoms with van der Waals surface area (Å²) in [5.74, 6) is 1.36. The Morgan fingerprint density at radius 1 is 0.769 bits per heavy atom. The van der Waals surface area contributed by atoms with Crippen molar-refractivity contribution >= 4 is 5.57 Å². The number of hydrogen-bond acceptors (Lipinski definition) is 3. The van der Waals surface area contributed by atoms with Crippen molar-refractivity contribution in [3.05, 3.63) is 109 Å². The van der Waals surface area contributed by atoms with E-state index in [0.717, 1.165) is 11.1 Å². The molecule has 4 rings (SSSR count). The average Bonchev–Trinajstić information content (AvgIpc) is 2.92. The third-order valence-electron chi connectivity index (χ3n) is 4.59. The van der Waals surface area contributed by atoms with Crippen LogP contribution in [0.4, 0.5) is 0 Å². The highest BCUT2D eigenvalue weighted by atomic mass is 15.0. The first-order valence-corrected chi connectivity index (χ1v) is 8.64. The molecule has 3 aromatic rings. The summed E-state index contributed by atoms with van der Waals surface area (Å²) in [5.41, 5.74) is 3.05. The van der Waals surface area contributed by atoms with Crippen LogP contribution in [0.3, 0.4) is 0 Å². The van der Waals surface area contributed by atoms with E-state index in [1.54, 1.807) is 6.33 Å². The van der Waals surface area contributed by atoms with Crippen LogP contribution in [0.5, 0.6) is 0 Å². The maximum absolute atomic E-state index is 4.65. The Morgan fingerprint density at radius 2 is 1.46 bits per heavy atom. The monoisotopic (exact) mass is 337 g/mol. The molecule has 0 aliphatic heterocycles. The molecule has 1 aliphatic rings. The van der Waals surface area contributed by atoms with Crippen LogP contribution in [0.25, 0.3) is 17.0 Å². The van der Waals surface area contributed by atoms with Gasteiger partial charge in [-0.05, 0) is 12.5 Å². The van der Waals surface area contributed by atoms with Crippen molar-refractivity contribution in [2.45, 2.75) is 12.3 Å². The van der Waals surface area contributed by atoms with Gasteiger partial charge in [0.2, 0.25) is 0 Å². The lowest BCUT2D eigenvalue weighted by Gasteiger charge is -2.22. The minimum Gasteiger partial charge on any atom is -0.217 e. The Labute approximate surface area is 153 Å². The molecule has 126 valence electrons. The first-order chi connectivity index (χ1) is 12.7. The van der Waals surface area contributed by atoms with Crippen molar-refractivity contribution in [1.29, 1.82) is 0 Å². The van der Waals surface area contributed by atoms with Crippen LogP contribution >= 0.6 is 0 Å². The fraction of sp³-hybridized carbons (Fsp3) is 0.0870. The Morgan fingerprint density at radius 3 is 2.23 bits per heavy atom. The summed E-state index contributed by atoms with van der Waals surface area (Å²) < 4.78 is 0. The van der Waals surface area contributed by atoms with Crippen LogP contribution < -0.4 is 0 Å². The van der Waals surface area contributed by atoms with Gasteiger partial charge < -0.3 is 0 Å². The van der Waals surface area contributed by atoms with E-state index >= 15 is 0 Å². The molecule has 0 fully saturated rings. The highest BCUT2D eigenvalue weighted by Gasteiger charge is 2.21. The number of benzene rings is 2. The molecular weight excluding hydrogens is 318 g/mol. The largest absolute Gasteiger partial charge is 0.217 e. The average molecular weight is 337 g/mol. The van der Waals surface area contributed by atoms with Crippen molar-refractivity contribution in [3.8, 4) is 11.4 Å². The van der Waals surface area contributed by atoms with Gasteiger partial charge in [0.05, 0.1) is 0 Å². The minimum atomic E-state index is -0.158. The van der Waals surface area contributed by atoms with E-state index in [2.05, 4.69) is 76.5 Å². The summed E-state index contributed by atoms with van der Waals surface area (Å²) in [4.78, 5) is 13.3. The molecule has 0 amide bonds. The van der Waals surface area contributed by atoms with Crippen molar-refractivity contribution in [3.63, 3.8) is 0 Å². The Hall–Kier alpha value is -3.33. The van der Waals surface area contributed by atoms with Crippen LogP contribution in [-0.2, 0) is 5.41 Å². The number of hydrogen-bond donors (Lipinski definition) is 0. The summed E-state index contributed by atoms with van der Waals surface area (Å²) >= 11 is 0. The van der Waals surface area contributed by atoms with Gasteiger partial charge in [-0.2, -0.15) is 0 Å². The third kappa shape index (κ3) is 3.24. The van der Waals surface area contributed by atoms with Crippen LogP contribution in [0.15, 0.2) is 97.4 Å².